The molecular weight excluding hydrogens is 733 g/mol. The van der Waals surface area contributed by atoms with Crippen molar-refractivity contribution in [1.82, 2.24) is 34.9 Å². The van der Waals surface area contributed by atoms with Crippen molar-refractivity contribution in [3.05, 3.63) is 64.9 Å². The molecule has 2 aromatic heterocycles. The fourth-order valence-corrected chi connectivity index (χ4v) is 9.21. The van der Waals surface area contributed by atoms with Crippen LogP contribution in [0, 0.1) is 17.7 Å². The van der Waals surface area contributed by atoms with E-state index >= 15 is 0 Å². The van der Waals surface area contributed by atoms with E-state index in [-0.39, 0.29) is 35.9 Å². The lowest BCUT2D eigenvalue weighted by Gasteiger charge is -2.60. The monoisotopic (exact) mass is 789 g/mol. The molecule has 5 heterocycles. The number of anilines is 1. The number of amidine groups is 1. The zero-order chi connectivity index (χ0) is 40.9. The summed E-state index contributed by atoms with van der Waals surface area (Å²) in [5.41, 5.74) is 5.92. The summed E-state index contributed by atoms with van der Waals surface area (Å²) < 4.78 is 36.7. The summed E-state index contributed by atoms with van der Waals surface area (Å²) in [6.45, 7) is 10.8. The van der Waals surface area contributed by atoms with Gasteiger partial charge in [0.2, 0.25) is 5.91 Å². The van der Waals surface area contributed by atoms with Crippen molar-refractivity contribution in [2.45, 2.75) is 110 Å². The molecule has 308 valence electrons. The highest BCUT2D eigenvalue weighted by Crippen LogP contribution is 2.58. The molecule has 13 nitrogen and oxygen atoms in total. The second-order valence-electron chi connectivity index (χ2n) is 15.8. The number of carboxylic acid groups (broad SMARTS) is 1. The Morgan fingerprint density at radius 1 is 1.05 bits per heavy atom. The van der Waals surface area contributed by atoms with Crippen LogP contribution in [0.1, 0.15) is 95.3 Å². The van der Waals surface area contributed by atoms with E-state index in [1.54, 1.807) is 54.4 Å². The minimum Gasteiger partial charge on any atom is -0.483 e. The number of nitrogens with one attached hydrogen (secondary N) is 2. The predicted molar refractivity (Wildman–Crippen MR) is 215 cm³/mol. The third kappa shape index (κ3) is 9.29. The summed E-state index contributed by atoms with van der Waals surface area (Å²) in [7, 11) is 1.78. The van der Waals surface area contributed by atoms with Crippen molar-refractivity contribution in [3.8, 4) is 17.1 Å². The van der Waals surface area contributed by atoms with Crippen LogP contribution >= 0.6 is 0 Å². The molecular formula is C42H57F2N9O4. The van der Waals surface area contributed by atoms with Gasteiger partial charge in [-0.25, -0.2) is 18.7 Å². The summed E-state index contributed by atoms with van der Waals surface area (Å²) in [5, 5.41) is 24.4. The molecule has 1 amide bonds. The number of rotatable bonds is 8. The van der Waals surface area contributed by atoms with Crippen LogP contribution in [0.15, 0.2) is 48.2 Å². The largest absolute Gasteiger partial charge is 0.483 e. The van der Waals surface area contributed by atoms with Crippen molar-refractivity contribution in [1.29, 1.82) is 5.41 Å². The maximum absolute atomic E-state index is 14.5. The third-order valence-electron chi connectivity index (χ3n) is 12.1. The zero-order valence-electron chi connectivity index (χ0n) is 33.8. The zero-order valence-corrected chi connectivity index (χ0v) is 33.8. The average molecular weight is 790 g/mol. The van der Waals surface area contributed by atoms with Crippen molar-refractivity contribution in [3.63, 3.8) is 0 Å². The molecule has 15 heteroatoms. The molecule has 2 saturated carbocycles. The molecule has 5 aliphatic rings. The van der Waals surface area contributed by atoms with Crippen LogP contribution in [0.3, 0.4) is 0 Å². The molecule has 0 bridgehead atoms. The van der Waals surface area contributed by atoms with E-state index in [1.165, 1.54) is 12.8 Å². The van der Waals surface area contributed by atoms with Crippen molar-refractivity contribution < 1.29 is 28.2 Å². The molecule has 0 radical (unpaired) electrons. The van der Waals surface area contributed by atoms with Gasteiger partial charge in [-0.15, -0.1) is 0 Å². The minimum atomic E-state index is -2.67. The number of likely N-dealkylation sites (tertiary alicyclic amines) is 1. The number of benzene rings is 1. The molecule has 3 aliphatic heterocycles. The Hall–Kier alpha value is -4.92. The molecule has 1 spiro atoms. The quantitative estimate of drug-likeness (QED) is 0.131. The maximum atomic E-state index is 14.5. The highest BCUT2D eigenvalue weighted by Gasteiger charge is 2.55. The Morgan fingerprint density at radius 2 is 1.74 bits per heavy atom. The van der Waals surface area contributed by atoms with E-state index in [0.29, 0.717) is 60.3 Å². The Balaban J connectivity index is 0.00000105. The molecule has 8 rings (SSSR count). The fraction of sp³-hybridized carbons (Fsp3) is 0.571. The number of carbonyl (C=O) groups excluding carboxylic acids is 1. The first kappa shape index (κ1) is 41.7. The Kier molecular flexibility index (Phi) is 13.3. The van der Waals surface area contributed by atoms with Crippen LogP contribution in [0.4, 0.5) is 14.5 Å². The van der Waals surface area contributed by atoms with Crippen molar-refractivity contribution in [2.75, 3.05) is 37.6 Å². The van der Waals surface area contributed by atoms with Crippen LogP contribution in [-0.4, -0.2) is 104 Å². The van der Waals surface area contributed by atoms with Crippen LogP contribution in [0.5, 0.6) is 6.01 Å². The van der Waals surface area contributed by atoms with E-state index in [9.17, 15) is 19.0 Å². The number of nitrogens with zero attached hydrogens (tertiary/aromatic N) is 7. The van der Waals surface area contributed by atoms with Crippen LogP contribution in [-0.2, 0) is 23.1 Å². The van der Waals surface area contributed by atoms with Gasteiger partial charge in [0.15, 0.2) is 0 Å². The van der Waals surface area contributed by atoms with E-state index in [1.807, 2.05) is 31.7 Å². The smallest absolute Gasteiger partial charge is 0.316 e. The lowest BCUT2D eigenvalue weighted by atomic mass is 9.52. The van der Waals surface area contributed by atoms with Gasteiger partial charge >= 0.3 is 6.01 Å². The van der Waals surface area contributed by atoms with E-state index in [4.69, 9.17) is 14.6 Å². The number of halogens is 2. The normalized spacial score (nSPS) is 23.3. The van der Waals surface area contributed by atoms with Crippen LogP contribution in [0.2, 0.25) is 0 Å². The molecule has 0 atom stereocenters. The summed E-state index contributed by atoms with van der Waals surface area (Å²) in [6.07, 6.45) is 13.3. The van der Waals surface area contributed by atoms with Crippen molar-refractivity contribution in [2.24, 2.45) is 12.5 Å². The van der Waals surface area contributed by atoms with Gasteiger partial charge in [0.1, 0.15) is 11.9 Å². The Labute approximate surface area is 334 Å². The number of aromatic nitrogens is 4. The lowest BCUT2D eigenvalue weighted by Crippen LogP contribution is -2.60. The van der Waals surface area contributed by atoms with Gasteiger partial charge < -0.3 is 29.9 Å². The molecule has 2 aliphatic carbocycles. The summed E-state index contributed by atoms with van der Waals surface area (Å²) in [6, 6.07) is 4.82. The highest BCUT2D eigenvalue weighted by atomic mass is 19.3. The number of amides is 1. The van der Waals surface area contributed by atoms with E-state index in [2.05, 4.69) is 25.3 Å². The number of hydrogen-bond donors (Lipinski definition) is 3. The molecule has 1 aromatic carbocycles. The predicted octanol–water partition coefficient (Wildman–Crippen LogP) is 6.53. The number of alkyl halides is 2. The highest BCUT2D eigenvalue weighted by molar-refractivity contribution is 6.09. The molecule has 3 fully saturated rings. The summed E-state index contributed by atoms with van der Waals surface area (Å²) in [5.74, 6) is 0.265. The van der Waals surface area contributed by atoms with Gasteiger partial charge in [-0.2, -0.15) is 5.10 Å². The first-order chi connectivity index (χ1) is 27.5. The Bertz CT molecular complexity index is 1910. The molecule has 3 aromatic rings. The summed E-state index contributed by atoms with van der Waals surface area (Å²) in [4.78, 5) is 35.8. The number of aryl methyl sites for hydroxylation is 3. The van der Waals surface area contributed by atoms with Crippen molar-refractivity contribution >= 4 is 23.9 Å². The number of fused-ring (bicyclic) bond motifs is 1. The van der Waals surface area contributed by atoms with Gasteiger partial charge in [-0.05, 0) is 92.5 Å². The molecule has 3 N–H and O–H groups in total. The SMILES string of the molecule is CC.CC(=O)N1CCC(NC2CCN(C3CC4(CC(Oc5ncc(C)cn5)C4)C3)CC2)=C(C(=N)N2CCCc3cc(-c4cnn(C)c4)c(C(F)F)cc32)C1.O=CO. The van der Waals surface area contributed by atoms with Gasteiger partial charge in [-0.3, -0.25) is 19.7 Å². The van der Waals surface area contributed by atoms with Gasteiger partial charge in [0.05, 0.1) is 12.7 Å². The average Bonchev–Trinajstić information content (AvgIpc) is 3.62. The number of piperidine rings is 1. The lowest BCUT2D eigenvalue weighted by molar-refractivity contribution is -0.128. The molecule has 0 unspecified atom stereocenters. The molecule has 57 heavy (non-hydrogen) atoms. The Morgan fingerprint density at radius 3 is 2.35 bits per heavy atom. The third-order valence-corrected chi connectivity index (χ3v) is 12.1. The minimum absolute atomic E-state index is 0.0242. The number of carbonyl (C=O) groups is 2. The van der Waals surface area contributed by atoms with Gasteiger partial charge in [0.25, 0.3) is 12.9 Å². The van der Waals surface area contributed by atoms with Gasteiger partial charge in [0, 0.05) is 105 Å². The molecule has 1 saturated heterocycles. The van der Waals surface area contributed by atoms with E-state index < -0.39 is 6.43 Å². The maximum Gasteiger partial charge on any atom is 0.316 e. The topological polar surface area (TPSA) is 153 Å². The van der Waals surface area contributed by atoms with Crippen LogP contribution in [0.25, 0.3) is 11.1 Å². The first-order valence-electron chi connectivity index (χ1n) is 20.3. The number of ether oxygens (including phenoxy) is 1. The second-order valence-corrected chi connectivity index (χ2v) is 15.8. The van der Waals surface area contributed by atoms with E-state index in [0.717, 1.165) is 74.0 Å². The summed E-state index contributed by atoms with van der Waals surface area (Å²) >= 11 is 0. The van der Waals surface area contributed by atoms with Crippen LogP contribution < -0.4 is 15.0 Å². The van der Waals surface area contributed by atoms with Gasteiger partial charge in [-0.1, -0.05) is 13.8 Å². The first-order valence-corrected chi connectivity index (χ1v) is 20.3. The number of hydrogen-bond acceptors (Lipinski definition) is 9. The fourth-order valence-electron chi connectivity index (χ4n) is 9.21. The standard InChI is InChI=1S/C39H49F2N9O2.C2H6.CH2O2/c1-24-19-43-38(44-20-24)52-30-17-39(18-30)15-29(16-39)48-10-6-28(7-11-48)46-34-8-12-49(25(2)51)23-33(34)37(42)50-9-4-5-26-13-31(27-21-45-47(3)22-27)32(36(40)41)14-35(26)50;1-2;2-1-3/h13-14,19-22,28-30,36,42,46H,4-12,15-18,23H2,1-3H3;1-2H3;1H,(H,2,3). The second kappa shape index (κ2) is 18.1.